The molecule has 2 aromatic rings. The van der Waals surface area contributed by atoms with Crippen molar-refractivity contribution in [2.24, 2.45) is 5.92 Å². The molecule has 3 rings (SSSR count). The minimum atomic E-state index is -0.299. The Morgan fingerprint density at radius 1 is 1.26 bits per heavy atom. The average Bonchev–Trinajstić information content (AvgIpc) is 2.99. The minimum absolute atomic E-state index is 0.00416. The molecule has 1 aliphatic rings. The number of halogens is 1. The molecule has 27 heavy (non-hydrogen) atoms. The topological polar surface area (TPSA) is 53.8 Å². The van der Waals surface area contributed by atoms with E-state index in [4.69, 9.17) is 4.42 Å². The Bertz CT molecular complexity index is 813. The number of hydrogen-bond donors (Lipinski definition) is 0. The van der Waals surface area contributed by atoms with Crippen LogP contribution in [0.2, 0.25) is 0 Å². The van der Waals surface area contributed by atoms with Gasteiger partial charge in [-0.25, -0.2) is 4.39 Å². The summed E-state index contributed by atoms with van der Waals surface area (Å²) < 4.78 is 18.5. The fourth-order valence-electron chi connectivity index (χ4n) is 3.46. The number of hydrogen-bond acceptors (Lipinski definition) is 3. The van der Waals surface area contributed by atoms with E-state index in [1.807, 2.05) is 25.7 Å². The van der Waals surface area contributed by atoms with Gasteiger partial charge in [-0.3, -0.25) is 9.59 Å². The molecule has 2 amide bonds. The molecule has 0 spiro atoms. The second-order valence-corrected chi connectivity index (χ2v) is 7.39. The third-order valence-electron chi connectivity index (χ3n) is 5.10. The zero-order valence-corrected chi connectivity index (χ0v) is 15.9. The lowest BCUT2D eigenvalue weighted by molar-refractivity contribution is -0.134. The summed E-state index contributed by atoms with van der Waals surface area (Å²) in [6, 6.07) is 7.83. The van der Waals surface area contributed by atoms with Gasteiger partial charge in [0.25, 0.3) is 5.91 Å². The molecule has 1 aliphatic heterocycles. The van der Waals surface area contributed by atoms with E-state index in [1.54, 1.807) is 23.1 Å². The molecule has 1 saturated heterocycles. The monoisotopic (exact) mass is 372 g/mol. The Kier molecular flexibility index (Phi) is 5.63. The van der Waals surface area contributed by atoms with Crippen molar-refractivity contribution in [3.63, 3.8) is 0 Å². The van der Waals surface area contributed by atoms with E-state index in [1.165, 1.54) is 18.4 Å². The van der Waals surface area contributed by atoms with Crippen LogP contribution in [0, 0.1) is 18.7 Å². The fraction of sp³-hybridized carbons (Fsp3) is 0.429. The summed E-state index contributed by atoms with van der Waals surface area (Å²) in [5.41, 5.74) is 1.66. The van der Waals surface area contributed by atoms with Gasteiger partial charge in [-0.2, -0.15) is 0 Å². The van der Waals surface area contributed by atoms with Gasteiger partial charge in [0.1, 0.15) is 5.82 Å². The Balaban J connectivity index is 1.83. The molecule has 1 atom stereocenters. The molecule has 0 saturated carbocycles. The van der Waals surface area contributed by atoms with E-state index in [9.17, 15) is 14.0 Å². The van der Waals surface area contributed by atoms with Crippen molar-refractivity contribution in [3.05, 3.63) is 59.3 Å². The summed E-state index contributed by atoms with van der Waals surface area (Å²) >= 11 is 0. The molecule has 5 nitrogen and oxygen atoms in total. The highest BCUT2D eigenvalue weighted by atomic mass is 19.1. The third-order valence-corrected chi connectivity index (χ3v) is 5.10. The number of rotatable bonds is 4. The summed E-state index contributed by atoms with van der Waals surface area (Å²) in [5, 5.41) is 0. The number of carbonyl (C=O) groups is 2. The Morgan fingerprint density at radius 3 is 2.56 bits per heavy atom. The van der Waals surface area contributed by atoms with Crippen LogP contribution < -0.4 is 0 Å². The molecule has 0 N–H and O–H groups in total. The second-order valence-electron chi connectivity index (χ2n) is 7.39. The maximum Gasteiger partial charge on any atom is 0.289 e. The first-order valence-corrected chi connectivity index (χ1v) is 9.24. The van der Waals surface area contributed by atoms with Crippen LogP contribution in [0.5, 0.6) is 0 Å². The summed E-state index contributed by atoms with van der Waals surface area (Å²) in [6.45, 7) is 7.14. The van der Waals surface area contributed by atoms with Gasteiger partial charge in [0, 0.05) is 31.6 Å². The zero-order chi connectivity index (χ0) is 19.6. The molecule has 1 aromatic heterocycles. The molecule has 2 heterocycles. The van der Waals surface area contributed by atoms with Gasteiger partial charge in [-0.05, 0) is 36.6 Å². The van der Waals surface area contributed by atoms with E-state index in [0.29, 0.717) is 25.4 Å². The largest absolute Gasteiger partial charge is 0.459 e. The normalized spacial score (nSPS) is 18.1. The predicted octanol–water partition coefficient (Wildman–Crippen LogP) is 3.63. The van der Waals surface area contributed by atoms with Crippen LogP contribution in [0.1, 0.15) is 41.9 Å². The summed E-state index contributed by atoms with van der Waals surface area (Å²) in [7, 11) is 0. The van der Waals surface area contributed by atoms with Crippen molar-refractivity contribution in [1.29, 1.82) is 0 Å². The van der Waals surface area contributed by atoms with Gasteiger partial charge in [0.15, 0.2) is 5.76 Å². The molecule has 1 aromatic carbocycles. The quantitative estimate of drug-likeness (QED) is 0.824. The number of amides is 2. The lowest BCUT2D eigenvalue weighted by Gasteiger charge is -2.34. The van der Waals surface area contributed by atoms with Crippen LogP contribution >= 0.6 is 0 Å². The first-order chi connectivity index (χ1) is 12.9. The van der Waals surface area contributed by atoms with Gasteiger partial charge < -0.3 is 14.2 Å². The zero-order valence-electron chi connectivity index (χ0n) is 15.9. The van der Waals surface area contributed by atoms with Crippen LogP contribution in [0.25, 0.3) is 0 Å². The van der Waals surface area contributed by atoms with Gasteiger partial charge >= 0.3 is 0 Å². The third kappa shape index (κ3) is 4.21. The summed E-state index contributed by atoms with van der Waals surface area (Å²) in [6.07, 6.45) is 1.77. The van der Waals surface area contributed by atoms with Crippen LogP contribution in [0.3, 0.4) is 0 Å². The van der Waals surface area contributed by atoms with Crippen LogP contribution in [0.15, 0.2) is 41.0 Å². The molecule has 1 unspecified atom stereocenters. The SMILES string of the molecule is Cc1ccoc1C(=O)N1CCC(=O)N(Cc2ccc(F)cc2)C(C(C)C)C1. The molecular formula is C21H25FN2O3. The van der Waals surface area contributed by atoms with E-state index in [2.05, 4.69) is 0 Å². The van der Waals surface area contributed by atoms with Crippen LogP contribution in [0.4, 0.5) is 4.39 Å². The summed E-state index contributed by atoms with van der Waals surface area (Å²) in [5.74, 6) is 0.0217. The number of benzene rings is 1. The highest BCUT2D eigenvalue weighted by Gasteiger charge is 2.34. The van der Waals surface area contributed by atoms with Crippen LogP contribution in [-0.4, -0.2) is 40.7 Å². The van der Waals surface area contributed by atoms with E-state index in [0.717, 1.165) is 11.1 Å². The number of nitrogens with zero attached hydrogens (tertiary/aromatic N) is 2. The second kappa shape index (κ2) is 7.94. The Morgan fingerprint density at radius 2 is 1.96 bits per heavy atom. The van der Waals surface area contributed by atoms with Crippen molar-refractivity contribution in [2.75, 3.05) is 13.1 Å². The molecule has 0 bridgehead atoms. The maximum absolute atomic E-state index is 13.2. The van der Waals surface area contributed by atoms with E-state index >= 15 is 0 Å². The van der Waals surface area contributed by atoms with Crippen molar-refractivity contribution in [2.45, 2.75) is 39.8 Å². The average molecular weight is 372 g/mol. The molecule has 6 heteroatoms. The highest BCUT2D eigenvalue weighted by molar-refractivity contribution is 5.93. The lowest BCUT2D eigenvalue weighted by Crippen LogP contribution is -2.47. The molecule has 1 fully saturated rings. The molecule has 0 aliphatic carbocycles. The van der Waals surface area contributed by atoms with Crippen LogP contribution in [-0.2, 0) is 11.3 Å². The molecule has 144 valence electrons. The Hall–Kier alpha value is -2.63. The predicted molar refractivity (Wildman–Crippen MR) is 99.5 cm³/mol. The van der Waals surface area contributed by atoms with E-state index < -0.39 is 0 Å². The first-order valence-electron chi connectivity index (χ1n) is 9.24. The van der Waals surface area contributed by atoms with Gasteiger partial charge in [-0.15, -0.1) is 0 Å². The van der Waals surface area contributed by atoms with Gasteiger partial charge in [-0.1, -0.05) is 26.0 Å². The van der Waals surface area contributed by atoms with E-state index in [-0.39, 0.29) is 36.0 Å². The number of carbonyl (C=O) groups excluding carboxylic acids is 2. The minimum Gasteiger partial charge on any atom is -0.459 e. The van der Waals surface area contributed by atoms with Crippen molar-refractivity contribution in [3.8, 4) is 0 Å². The standard InChI is InChI=1S/C21H25FN2O3/c1-14(2)18-13-23(21(26)20-15(3)9-11-27-20)10-8-19(25)24(18)12-16-4-6-17(22)7-5-16/h4-7,9,11,14,18H,8,10,12-13H2,1-3H3. The highest BCUT2D eigenvalue weighted by Crippen LogP contribution is 2.23. The number of furan rings is 1. The van der Waals surface area contributed by atoms with Gasteiger partial charge in [0.05, 0.1) is 12.3 Å². The lowest BCUT2D eigenvalue weighted by atomic mass is 10.0. The summed E-state index contributed by atoms with van der Waals surface area (Å²) in [4.78, 5) is 29.2. The first kappa shape index (κ1) is 19.1. The number of aryl methyl sites for hydroxylation is 1. The van der Waals surface area contributed by atoms with Gasteiger partial charge in [0.2, 0.25) is 5.91 Å². The van der Waals surface area contributed by atoms with Crippen molar-refractivity contribution in [1.82, 2.24) is 9.80 Å². The Labute approximate surface area is 158 Å². The molecular weight excluding hydrogens is 347 g/mol. The van der Waals surface area contributed by atoms with Crippen molar-refractivity contribution < 1.29 is 18.4 Å². The maximum atomic E-state index is 13.2. The fourth-order valence-corrected chi connectivity index (χ4v) is 3.46. The molecule has 0 radical (unpaired) electrons. The van der Waals surface area contributed by atoms with Crippen molar-refractivity contribution >= 4 is 11.8 Å². The smallest absolute Gasteiger partial charge is 0.289 e.